The minimum absolute atomic E-state index is 0.247. The van der Waals surface area contributed by atoms with Crippen LogP contribution in [0.1, 0.15) is 0 Å². The van der Waals surface area contributed by atoms with Gasteiger partial charge in [0.25, 0.3) is 0 Å². The molecule has 0 bridgehead atoms. The fourth-order valence-corrected chi connectivity index (χ4v) is 2.10. The Balaban J connectivity index is 2.93. The molecule has 2 rings (SSSR count). The molecule has 50 valence electrons. The van der Waals surface area contributed by atoms with Crippen LogP contribution >= 0.6 is 10.5 Å². The van der Waals surface area contributed by atoms with Crippen molar-refractivity contribution >= 4 is 20.7 Å². The van der Waals surface area contributed by atoms with E-state index in [0.717, 1.165) is 5.52 Å². The molecule has 10 heavy (non-hydrogen) atoms. The number of aryl methyl sites for hydroxylation is 1. The molecule has 0 amide bonds. The number of hydrogen-bond donors (Lipinski definition) is 0. The van der Waals surface area contributed by atoms with Gasteiger partial charge in [0, 0.05) is 6.07 Å². The van der Waals surface area contributed by atoms with E-state index in [-0.39, 0.29) is 10.5 Å². The van der Waals surface area contributed by atoms with Crippen molar-refractivity contribution in [1.82, 2.24) is 9.97 Å². The van der Waals surface area contributed by atoms with Crippen molar-refractivity contribution in [2.45, 2.75) is 0 Å². The summed E-state index contributed by atoms with van der Waals surface area (Å²) in [6.45, 7) is 0. The highest BCUT2D eigenvalue weighted by molar-refractivity contribution is 7.34. The molecular weight excluding hydrogens is 144 g/mol. The zero-order valence-corrected chi connectivity index (χ0v) is 6.43. The maximum absolute atomic E-state index is 4.12. The van der Waals surface area contributed by atoms with Gasteiger partial charge in [-0.1, -0.05) is 0 Å². The van der Waals surface area contributed by atoms with E-state index in [1.54, 1.807) is 6.33 Å². The summed E-state index contributed by atoms with van der Waals surface area (Å²) in [6.07, 6.45) is 5.66. The van der Waals surface area contributed by atoms with E-state index in [4.69, 9.17) is 0 Å². The lowest BCUT2D eigenvalue weighted by molar-refractivity contribution is 1.23. The molecule has 2 nitrogen and oxygen atoms in total. The molecule has 2 aromatic heterocycles. The first-order valence-corrected chi connectivity index (χ1v) is 4.70. The zero-order chi connectivity index (χ0) is 6.97. The molecule has 1 unspecified atom stereocenters. The summed E-state index contributed by atoms with van der Waals surface area (Å²) in [5.74, 6) is 0. The van der Waals surface area contributed by atoms with Gasteiger partial charge in [0.2, 0.25) is 4.70 Å². The molecule has 0 saturated carbocycles. The normalized spacial score (nSPS) is 12.3. The van der Waals surface area contributed by atoms with E-state index in [2.05, 4.69) is 27.7 Å². The highest BCUT2D eigenvalue weighted by Crippen LogP contribution is 2.25. The molecule has 0 saturated heterocycles. The Bertz CT molecular complexity index is 353. The van der Waals surface area contributed by atoms with Crippen LogP contribution in [0.2, 0.25) is 0 Å². The predicted molar refractivity (Wildman–Crippen MR) is 43.0 cm³/mol. The van der Waals surface area contributed by atoms with Crippen molar-refractivity contribution in [1.29, 1.82) is 0 Å². The van der Waals surface area contributed by atoms with Gasteiger partial charge in [0.15, 0.2) is 0 Å². The fourth-order valence-electron chi connectivity index (χ4n) is 0.939. The second-order valence-electron chi connectivity index (χ2n) is 2.13. The highest BCUT2D eigenvalue weighted by Gasteiger charge is 2.06. The second kappa shape index (κ2) is 2.02. The SMILES string of the molecule is C[s+]1ccc2ncncc21. The standard InChI is InChI=1S/C7H7N2S/c1-10-3-2-6-7(10)4-8-5-9-6/h2-5H,1H3/q+1. The van der Waals surface area contributed by atoms with Crippen LogP contribution in [0, 0.1) is 0 Å². The highest BCUT2D eigenvalue weighted by atomic mass is 32.2. The zero-order valence-electron chi connectivity index (χ0n) is 5.61. The molecule has 0 fully saturated rings. The maximum atomic E-state index is 4.12. The van der Waals surface area contributed by atoms with Crippen molar-refractivity contribution in [2.24, 2.45) is 6.26 Å². The molecular formula is C7H7N2S+. The minimum atomic E-state index is 0.247. The van der Waals surface area contributed by atoms with Crippen LogP contribution in [0.3, 0.4) is 0 Å². The maximum Gasteiger partial charge on any atom is 0.217 e. The molecule has 3 heteroatoms. The summed E-state index contributed by atoms with van der Waals surface area (Å²) in [7, 11) is 0.247. The summed E-state index contributed by atoms with van der Waals surface area (Å²) in [5, 5.41) is 2.17. The first kappa shape index (κ1) is 5.80. The molecule has 1 atom stereocenters. The average Bonchev–Trinajstić information content (AvgIpc) is 2.34. The van der Waals surface area contributed by atoms with Gasteiger partial charge in [-0.3, -0.25) is 0 Å². The monoisotopic (exact) mass is 151 g/mol. The van der Waals surface area contributed by atoms with Crippen molar-refractivity contribution in [3.05, 3.63) is 24.0 Å². The molecule has 0 aliphatic carbocycles. The van der Waals surface area contributed by atoms with Gasteiger partial charge in [-0.2, -0.15) is 0 Å². The number of hydrogen-bond acceptors (Lipinski definition) is 2. The Hall–Kier alpha value is -0.960. The first-order chi connectivity index (χ1) is 4.88. The Kier molecular flexibility index (Phi) is 1.17. The van der Waals surface area contributed by atoms with E-state index in [0.29, 0.717) is 0 Å². The molecule has 0 aromatic carbocycles. The summed E-state index contributed by atoms with van der Waals surface area (Å²) in [6, 6.07) is 2.06. The largest absolute Gasteiger partial charge is 0.239 e. The summed E-state index contributed by atoms with van der Waals surface area (Å²) >= 11 is 0. The Morgan fingerprint density at radius 3 is 3.20 bits per heavy atom. The van der Waals surface area contributed by atoms with Crippen LogP contribution in [0.15, 0.2) is 24.0 Å². The van der Waals surface area contributed by atoms with E-state index < -0.39 is 0 Å². The Labute approximate surface area is 61.5 Å². The lowest BCUT2D eigenvalue weighted by Gasteiger charge is -1.79. The van der Waals surface area contributed by atoms with E-state index >= 15 is 0 Å². The van der Waals surface area contributed by atoms with Gasteiger partial charge in [-0.05, 0) is 10.5 Å². The third kappa shape index (κ3) is 0.708. The average molecular weight is 151 g/mol. The third-order valence-electron chi connectivity index (χ3n) is 1.48. The van der Waals surface area contributed by atoms with E-state index in [1.165, 1.54) is 4.70 Å². The van der Waals surface area contributed by atoms with Crippen molar-refractivity contribution in [2.75, 3.05) is 0 Å². The predicted octanol–water partition coefficient (Wildman–Crippen LogP) is 1.92. The fraction of sp³-hybridized carbons (Fsp3) is 0.143. The van der Waals surface area contributed by atoms with Gasteiger partial charge in [0.05, 0.1) is 6.20 Å². The molecule has 2 aromatic rings. The third-order valence-corrected chi connectivity index (χ3v) is 3.04. The molecule has 0 radical (unpaired) electrons. The van der Waals surface area contributed by atoms with Gasteiger partial charge >= 0.3 is 0 Å². The molecule has 0 aliphatic rings. The van der Waals surface area contributed by atoms with Gasteiger partial charge in [-0.25, -0.2) is 9.97 Å². The van der Waals surface area contributed by atoms with E-state index in [1.807, 2.05) is 6.20 Å². The number of aromatic nitrogens is 2. The van der Waals surface area contributed by atoms with Gasteiger partial charge in [0.1, 0.15) is 23.5 Å². The van der Waals surface area contributed by atoms with Gasteiger partial charge < -0.3 is 0 Å². The second-order valence-corrected chi connectivity index (χ2v) is 3.96. The van der Waals surface area contributed by atoms with Crippen LogP contribution in [-0.4, -0.2) is 9.97 Å². The van der Waals surface area contributed by atoms with Crippen molar-refractivity contribution in [3.8, 4) is 0 Å². The Morgan fingerprint density at radius 1 is 1.50 bits per heavy atom. The number of thiophene rings is 1. The van der Waals surface area contributed by atoms with Crippen LogP contribution < -0.4 is 0 Å². The molecule has 2 heterocycles. The van der Waals surface area contributed by atoms with Gasteiger partial charge in [-0.15, -0.1) is 0 Å². The summed E-state index contributed by atoms with van der Waals surface area (Å²) in [4.78, 5) is 8.08. The summed E-state index contributed by atoms with van der Waals surface area (Å²) < 4.78 is 1.27. The van der Waals surface area contributed by atoms with Crippen molar-refractivity contribution < 1.29 is 0 Å². The first-order valence-electron chi connectivity index (χ1n) is 3.01. The minimum Gasteiger partial charge on any atom is -0.239 e. The van der Waals surface area contributed by atoms with Crippen LogP contribution in [0.4, 0.5) is 0 Å². The number of rotatable bonds is 0. The van der Waals surface area contributed by atoms with E-state index in [9.17, 15) is 0 Å². The Morgan fingerprint density at radius 2 is 2.40 bits per heavy atom. The van der Waals surface area contributed by atoms with Crippen LogP contribution in [0.5, 0.6) is 0 Å². The smallest absolute Gasteiger partial charge is 0.217 e. The molecule has 0 spiro atoms. The summed E-state index contributed by atoms with van der Waals surface area (Å²) in [5.41, 5.74) is 1.08. The van der Waals surface area contributed by atoms with Crippen molar-refractivity contribution in [3.63, 3.8) is 0 Å². The number of fused-ring (bicyclic) bond motifs is 1. The topological polar surface area (TPSA) is 25.8 Å². The van der Waals surface area contributed by atoms with Crippen LogP contribution in [0.25, 0.3) is 10.2 Å². The molecule has 0 aliphatic heterocycles. The van der Waals surface area contributed by atoms with Crippen LogP contribution in [-0.2, 0) is 6.26 Å². The lowest BCUT2D eigenvalue weighted by atomic mass is 10.5. The lowest BCUT2D eigenvalue weighted by Crippen LogP contribution is -1.73. The number of nitrogens with zero attached hydrogens (tertiary/aromatic N) is 2. The quantitative estimate of drug-likeness (QED) is 0.537. The molecule has 0 N–H and O–H groups in total.